The van der Waals surface area contributed by atoms with E-state index in [9.17, 15) is 4.79 Å². The number of nitrogens with one attached hydrogen (secondary N) is 1. The molecule has 0 fully saturated rings. The largest absolute Gasteiger partial charge is 0.353 e. The number of nitrogens with zero attached hydrogens (tertiary/aromatic N) is 1. The Kier molecular flexibility index (Phi) is 2.48. The minimum absolute atomic E-state index is 0.0202. The number of fused-ring (bicyclic) bond motifs is 3. The number of carbonyl (C=O) groups excluding carboxylic acids is 1. The van der Waals surface area contributed by atoms with Gasteiger partial charge >= 0.3 is 0 Å². The summed E-state index contributed by atoms with van der Waals surface area (Å²) in [4.78, 5) is 19.3. The Morgan fingerprint density at radius 3 is 3.06 bits per heavy atom. The Morgan fingerprint density at radius 2 is 2.24 bits per heavy atom. The van der Waals surface area contributed by atoms with E-state index in [1.54, 1.807) is 0 Å². The van der Waals surface area contributed by atoms with Crippen LogP contribution in [0.4, 0.5) is 0 Å². The van der Waals surface area contributed by atoms with Gasteiger partial charge in [-0.15, -0.1) is 11.6 Å². The van der Waals surface area contributed by atoms with E-state index in [2.05, 4.69) is 16.0 Å². The van der Waals surface area contributed by atoms with Crippen LogP contribution in [0.25, 0.3) is 10.9 Å². The highest BCUT2D eigenvalue weighted by Gasteiger charge is 2.23. The summed E-state index contributed by atoms with van der Waals surface area (Å²) in [6, 6.07) is 8.06. The average molecular weight is 247 g/mol. The van der Waals surface area contributed by atoms with Crippen molar-refractivity contribution < 1.29 is 4.79 Å². The van der Waals surface area contributed by atoms with Gasteiger partial charge in [-0.1, -0.05) is 18.2 Å². The van der Waals surface area contributed by atoms with Gasteiger partial charge < -0.3 is 4.98 Å². The fraction of sp³-hybridized carbons (Fsp3) is 0.231. The molecule has 1 aliphatic heterocycles. The number of ketones is 1. The molecule has 0 spiro atoms. The topological polar surface area (TPSA) is 45.2 Å². The van der Waals surface area contributed by atoms with Crippen LogP contribution in [0, 0.1) is 0 Å². The fourth-order valence-electron chi connectivity index (χ4n) is 2.31. The number of Topliss-reactive ketones (excluding diaryl/α,β-unsaturated/α-hetero) is 1. The van der Waals surface area contributed by atoms with Gasteiger partial charge in [-0.3, -0.25) is 9.79 Å². The van der Waals surface area contributed by atoms with Gasteiger partial charge in [-0.2, -0.15) is 0 Å². The molecule has 0 saturated carbocycles. The van der Waals surface area contributed by atoms with Crippen molar-refractivity contribution in [3.63, 3.8) is 0 Å². The zero-order chi connectivity index (χ0) is 11.8. The van der Waals surface area contributed by atoms with Gasteiger partial charge in [0, 0.05) is 17.4 Å². The highest BCUT2D eigenvalue weighted by atomic mass is 35.5. The summed E-state index contributed by atoms with van der Waals surface area (Å²) < 4.78 is 0. The first kappa shape index (κ1) is 10.5. The van der Waals surface area contributed by atoms with E-state index in [0.29, 0.717) is 12.3 Å². The van der Waals surface area contributed by atoms with Crippen LogP contribution in [0.5, 0.6) is 0 Å². The van der Waals surface area contributed by atoms with Gasteiger partial charge in [0.1, 0.15) is 5.71 Å². The number of alkyl halides is 1. The Hall–Kier alpha value is -1.61. The van der Waals surface area contributed by atoms with Crippen molar-refractivity contribution in [2.24, 2.45) is 4.99 Å². The molecule has 0 unspecified atom stereocenters. The summed E-state index contributed by atoms with van der Waals surface area (Å²) in [5.74, 6) is -0.132. The Labute approximate surface area is 104 Å². The zero-order valence-corrected chi connectivity index (χ0v) is 9.92. The van der Waals surface area contributed by atoms with E-state index in [1.165, 1.54) is 10.9 Å². The number of H-pyrrole nitrogens is 1. The van der Waals surface area contributed by atoms with Gasteiger partial charge in [0.05, 0.1) is 11.6 Å². The summed E-state index contributed by atoms with van der Waals surface area (Å²) in [5.41, 5.74) is 3.58. The van der Waals surface area contributed by atoms with Gasteiger partial charge in [0.15, 0.2) is 5.78 Å². The smallest absolute Gasteiger partial charge is 0.197 e. The van der Waals surface area contributed by atoms with E-state index >= 15 is 0 Å². The number of halogens is 1. The monoisotopic (exact) mass is 246 g/mol. The minimum atomic E-state index is -0.112. The lowest BCUT2D eigenvalue weighted by atomic mass is 10.0. The third-order valence-corrected chi connectivity index (χ3v) is 3.31. The van der Waals surface area contributed by atoms with Crippen molar-refractivity contribution in [3.05, 3.63) is 35.5 Å². The molecule has 4 heteroatoms. The van der Waals surface area contributed by atoms with Crippen LogP contribution in [0.15, 0.2) is 29.3 Å². The van der Waals surface area contributed by atoms with Crippen molar-refractivity contribution in [1.82, 2.24) is 4.98 Å². The number of benzene rings is 1. The molecule has 0 aliphatic carbocycles. The van der Waals surface area contributed by atoms with Gasteiger partial charge in [0.2, 0.25) is 0 Å². The van der Waals surface area contributed by atoms with E-state index in [-0.39, 0.29) is 11.7 Å². The van der Waals surface area contributed by atoms with Crippen molar-refractivity contribution in [3.8, 4) is 0 Å². The lowest BCUT2D eigenvalue weighted by molar-refractivity contribution is -0.110. The minimum Gasteiger partial charge on any atom is -0.353 e. The molecule has 0 radical (unpaired) electrons. The SMILES string of the molecule is O=C(CCl)C1=NCCc2c1[nH]c1ccccc21. The molecule has 17 heavy (non-hydrogen) atoms. The predicted molar refractivity (Wildman–Crippen MR) is 69.1 cm³/mol. The fourth-order valence-corrected chi connectivity index (χ4v) is 2.44. The van der Waals surface area contributed by atoms with E-state index in [1.807, 2.05) is 18.2 Å². The van der Waals surface area contributed by atoms with Crippen LogP contribution in [0.2, 0.25) is 0 Å². The quantitative estimate of drug-likeness (QED) is 0.812. The second-order valence-electron chi connectivity index (χ2n) is 4.06. The molecule has 1 N–H and O–H groups in total. The molecule has 1 aliphatic rings. The maximum Gasteiger partial charge on any atom is 0.197 e. The van der Waals surface area contributed by atoms with Crippen molar-refractivity contribution in [2.45, 2.75) is 6.42 Å². The van der Waals surface area contributed by atoms with Crippen molar-refractivity contribution in [1.29, 1.82) is 0 Å². The van der Waals surface area contributed by atoms with E-state index in [0.717, 1.165) is 17.6 Å². The molecule has 3 rings (SSSR count). The summed E-state index contributed by atoms with van der Waals surface area (Å²) >= 11 is 5.61. The third-order valence-electron chi connectivity index (χ3n) is 3.07. The second kappa shape index (κ2) is 4.00. The molecule has 1 aromatic heterocycles. The summed E-state index contributed by atoms with van der Waals surface area (Å²) in [6.45, 7) is 0.660. The van der Waals surface area contributed by atoms with Crippen LogP contribution < -0.4 is 0 Å². The van der Waals surface area contributed by atoms with Crippen LogP contribution >= 0.6 is 11.6 Å². The average Bonchev–Trinajstić information content (AvgIpc) is 2.76. The summed E-state index contributed by atoms with van der Waals surface area (Å²) in [6.07, 6.45) is 0.873. The highest BCUT2D eigenvalue weighted by molar-refractivity contribution is 6.53. The first-order valence-electron chi connectivity index (χ1n) is 5.55. The maximum absolute atomic E-state index is 11.7. The molecule has 3 nitrogen and oxygen atoms in total. The van der Waals surface area contributed by atoms with Gasteiger partial charge in [-0.05, 0) is 18.1 Å². The maximum atomic E-state index is 11.7. The second-order valence-corrected chi connectivity index (χ2v) is 4.33. The Morgan fingerprint density at radius 1 is 1.41 bits per heavy atom. The van der Waals surface area contributed by atoms with Crippen LogP contribution in [0.3, 0.4) is 0 Å². The van der Waals surface area contributed by atoms with Crippen LogP contribution in [0.1, 0.15) is 11.3 Å². The lowest BCUT2D eigenvalue weighted by Crippen LogP contribution is -2.22. The molecule has 2 heterocycles. The number of aliphatic imine (C=N–C) groups is 1. The van der Waals surface area contributed by atoms with Gasteiger partial charge in [0.25, 0.3) is 0 Å². The number of para-hydroxylation sites is 1. The molecular formula is C13H11ClN2O. The molecule has 2 aromatic rings. The molecule has 0 saturated heterocycles. The predicted octanol–water partition coefficient (Wildman–Crippen LogP) is 2.32. The normalized spacial score (nSPS) is 14.5. The molecule has 0 amide bonds. The molecule has 0 atom stereocenters. The van der Waals surface area contributed by atoms with E-state index < -0.39 is 0 Å². The third kappa shape index (κ3) is 1.58. The van der Waals surface area contributed by atoms with E-state index in [4.69, 9.17) is 11.6 Å². The standard InChI is InChI=1S/C13H11ClN2O/c14-7-11(17)13-12-9(5-6-15-13)8-3-1-2-4-10(8)16-12/h1-4,16H,5-7H2. The molecule has 1 aromatic carbocycles. The lowest BCUT2D eigenvalue weighted by Gasteiger charge is -2.11. The number of aromatic nitrogens is 1. The highest BCUT2D eigenvalue weighted by Crippen LogP contribution is 2.26. The number of aromatic amines is 1. The number of carbonyl (C=O) groups is 1. The zero-order valence-electron chi connectivity index (χ0n) is 9.16. The van der Waals surface area contributed by atoms with Crippen molar-refractivity contribution in [2.75, 3.05) is 12.4 Å². The van der Waals surface area contributed by atoms with Crippen molar-refractivity contribution >= 4 is 34.0 Å². The van der Waals surface area contributed by atoms with Crippen LogP contribution in [-0.2, 0) is 11.2 Å². The first-order valence-corrected chi connectivity index (χ1v) is 6.08. The molecular weight excluding hydrogens is 236 g/mol. The summed E-state index contributed by atoms with van der Waals surface area (Å²) in [5, 5.41) is 1.18. The number of rotatable bonds is 2. The first-order chi connectivity index (χ1) is 8.31. The number of hydrogen-bond donors (Lipinski definition) is 1. The molecule has 0 bridgehead atoms. The Bertz CT molecular complexity index is 627. The molecule has 86 valence electrons. The Balaban J connectivity index is 2.23. The van der Waals surface area contributed by atoms with Crippen LogP contribution in [-0.4, -0.2) is 28.9 Å². The number of hydrogen-bond acceptors (Lipinski definition) is 2. The summed E-state index contributed by atoms with van der Waals surface area (Å²) in [7, 11) is 0. The van der Waals surface area contributed by atoms with Gasteiger partial charge in [-0.25, -0.2) is 0 Å².